The molecule has 0 fully saturated rings. The van der Waals surface area contributed by atoms with Gasteiger partial charge in [0.2, 0.25) is 5.91 Å². The minimum atomic E-state index is -0.360. The summed E-state index contributed by atoms with van der Waals surface area (Å²) in [5.74, 6) is -0.594. The number of benzene rings is 3. The SMILES string of the molecule is CC(NC(=O)c1ccc(NC(=O)CNc2cccc(NC(=O)c3ccco3)c2)cc1)c1ccccc1. The highest BCUT2D eigenvalue weighted by Crippen LogP contribution is 2.17. The van der Waals surface area contributed by atoms with Crippen molar-refractivity contribution < 1.29 is 18.8 Å². The number of nitrogens with one attached hydrogen (secondary N) is 4. The number of furan rings is 1. The zero-order chi connectivity index (χ0) is 25.3. The van der Waals surface area contributed by atoms with Crippen molar-refractivity contribution >= 4 is 34.8 Å². The number of carbonyl (C=O) groups excluding carboxylic acids is 3. The topological polar surface area (TPSA) is 112 Å². The lowest BCUT2D eigenvalue weighted by Crippen LogP contribution is -2.26. The summed E-state index contributed by atoms with van der Waals surface area (Å²) >= 11 is 0. The maximum Gasteiger partial charge on any atom is 0.291 e. The molecule has 3 aromatic carbocycles. The van der Waals surface area contributed by atoms with Gasteiger partial charge in [-0.25, -0.2) is 0 Å². The Morgan fingerprint density at radius 1 is 0.750 bits per heavy atom. The molecule has 1 aromatic heterocycles. The molecule has 4 rings (SSSR count). The fourth-order valence-corrected chi connectivity index (χ4v) is 3.50. The van der Waals surface area contributed by atoms with E-state index < -0.39 is 0 Å². The van der Waals surface area contributed by atoms with Crippen molar-refractivity contribution in [1.82, 2.24) is 5.32 Å². The van der Waals surface area contributed by atoms with Crippen molar-refractivity contribution in [3.05, 3.63) is 114 Å². The summed E-state index contributed by atoms with van der Waals surface area (Å²) in [6.45, 7) is 1.95. The van der Waals surface area contributed by atoms with Gasteiger partial charge in [-0.05, 0) is 67.1 Å². The lowest BCUT2D eigenvalue weighted by atomic mass is 10.1. The molecule has 8 heteroatoms. The third-order valence-corrected chi connectivity index (χ3v) is 5.40. The normalized spacial score (nSPS) is 11.2. The van der Waals surface area contributed by atoms with Crippen LogP contribution in [0.5, 0.6) is 0 Å². The highest BCUT2D eigenvalue weighted by atomic mass is 16.3. The maximum atomic E-state index is 12.5. The number of hydrogen-bond acceptors (Lipinski definition) is 5. The molecular formula is C28H26N4O4. The van der Waals surface area contributed by atoms with Crippen LogP contribution in [0.25, 0.3) is 0 Å². The van der Waals surface area contributed by atoms with Crippen LogP contribution in [0.3, 0.4) is 0 Å². The molecule has 182 valence electrons. The second-order valence-corrected chi connectivity index (χ2v) is 8.10. The molecule has 0 aliphatic carbocycles. The summed E-state index contributed by atoms with van der Waals surface area (Å²) in [4.78, 5) is 37.1. The molecule has 0 saturated carbocycles. The Morgan fingerprint density at radius 2 is 1.50 bits per heavy atom. The van der Waals surface area contributed by atoms with E-state index in [1.807, 2.05) is 37.3 Å². The summed E-state index contributed by atoms with van der Waals surface area (Å²) in [6.07, 6.45) is 1.43. The van der Waals surface area contributed by atoms with Crippen LogP contribution >= 0.6 is 0 Å². The minimum Gasteiger partial charge on any atom is -0.459 e. The van der Waals surface area contributed by atoms with Gasteiger partial charge in [0.1, 0.15) is 0 Å². The van der Waals surface area contributed by atoms with Gasteiger partial charge >= 0.3 is 0 Å². The molecule has 4 aromatic rings. The fraction of sp³-hybridized carbons (Fsp3) is 0.107. The minimum absolute atomic E-state index is 0.0202. The molecule has 1 heterocycles. The number of anilines is 3. The van der Waals surface area contributed by atoms with Crippen molar-refractivity contribution in [3.8, 4) is 0 Å². The van der Waals surface area contributed by atoms with Gasteiger partial charge in [0.05, 0.1) is 18.8 Å². The van der Waals surface area contributed by atoms with E-state index >= 15 is 0 Å². The van der Waals surface area contributed by atoms with Gasteiger partial charge in [-0.15, -0.1) is 0 Å². The Kier molecular flexibility index (Phi) is 7.77. The average molecular weight is 483 g/mol. The zero-order valence-corrected chi connectivity index (χ0v) is 19.7. The Bertz CT molecular complexity index is 1320. The highest BCUT2D eigenvalue weighted by molar-refractivity contribution is 6.02. The summed E-state index contributed by atoms with van der Waals surface area (Å²) in [7, 11) is 0. The number of rotatable bonds is 9. The van der Waals surface area contributed by atoms with Crippen molar-refractivity contribution in [2.45, 2.75) is 13.0 Å². The molecule has 1 unspecified atom stereocenters. The zero-order valence-electron chi connectivity index (χ0n) is 19.7. The summed E-state index contributed by atoms with van der Waals surface area (Å²) < 4.78 is 5.09. The first kappa shape index (κ1) is 24.3. The van der Waals surface area contributed by atoms with E-state index in [2.05, 4.69) is 21.3 Å². The third kappa shape index (κ3) is 6.60. The molecule has 0 spiro atoms. The van der Waals surface area contributed by atoms with Crippen molar-refractivity contribution in [1.29, 1.82) is 0 Å². The van der Waals surface area contributed by atoms with Gasteiger partial charge in [-0.3, -0.25) is 14.4 Å². The second kappa shape index (κ2) is 11.5. The largest absolute Gasteiger partial charge is 0.459 e. The summed E-state index contributed by atoms with van der Waals surface area (Å²) in [6, 6.07) is 26.5. The number of amides is 3. The molecule has 0 aliphatic rings. The Balaban J connectivity index is 1.26. The highest BCUT2D eigenvalue weighted by Gasteiger charge is 2.12. The standard InChI is InChI=1S/C28H26N4O4/c1-19(20-7-3-2-4-8-20)30-27(34)21-12-14-22(15-13-21)31-26(33)18-29-23-9-5-10-24(17-23)32-28(35)25-11-6-16-36-25/h2-17,19,29H,18H2,1H3,(H,30,34)(H,31,33)(H,32,35). The van der Waals surface area contributed by atoms with Gasteiger partial charge in [0.25, 0.3) is 11.8 Å². The second-order valence-electron chi connectivity index (χ2n) is 8.10. The van der Waals surface area contributed by atoms with Gasteiger partial charge in [-0.2, -0.15) is 0 Å². The van der Waals surface area contributed by atoms with Crippen LogP contribution in [-0.4, -0.2) is 24.3 Å². The molecule has 4 N–H and O–H groups in total. The van der Waals surface area contributed by atoms with E-state index in [1.54, 1.807) is 60.7 Å². The number of carbonyl (C=O) groups is 3. The molecule has 3 amide bonds. The van der Waals surface area contributed by atoms with E-state index in [4.69, 9.17) is 4.42 Å². The lowest BCUT2D eigenvalue weighted by molar-refractivity contribution is -0.114. The van der Waals surface area contributed by atoms with Crippen LogP contribution in [0.4, 0.5) is 17.1 Å². The van der Waals surface area contributed by atoms with E-state index in [0.29, 0.717) is 22.6 Å². The van der Waals surface area contributed by atoms with Crippen molar-refractivity contribution in [3.63, 3.8) is 0 Å². The molecule has 0 bridgehead atoms. The molecule has 1 atom stereocenters. The summed E-state index contributed by atoms with van der Waals surface area (Å²) in [5, 5.41) is 11.5. The third-order valence-electron chi connectivity index (χ3n) is 5.40. The molecule has 8 nitrogen and oxygen atoms in total. The Labute approximate surface area is 208 Å². The van der Waals surface area contributed by atoms with Gasteiger partial charge in [-0.1, -0.05) is 36.4 Å². The van der Waals surface area contributed by atoms with Crippen LogP contribution < -0.4 is 21.3 Å². The fourth-order valence-electron chi connectivity index (χ4n) is 3.50. The molecule has 0 saturated heterocycles. The van der Waals surface area contributed by atoms with Gasteiger partial charge in [0, 0.05) is 22.6 Å². The molecule has 36 heavy (non-hydrogen) atoms. The van der Waals surface area contributed by atoms with Crippen LogP contribution in [0, 0.1) is 0 Å². The van der Waals surface area contributed by atoms with E-state index in [9.17, 15) is 14.4 Å². The Hall–Kier alpha value is -4.85. The molecule has 0 aliphatic heterocycles. The van der Waals surface area contributed by atoms with Crippen LogP contribution in [0.15, 0.2) is 102 Å². The molecule has 0 radical (unpaired) electrons. The maximum absolute atomic E-state index is 12.5. The van der Waals surface area contributed by atoms with E-state index in [-0.39, 0.29) is 36.1 Å². The van der Waals surface area contributed by atoms with Crippen molar-refractivity contribution in [2.75, 3.05) is 22.5 Å². The first-order valence-electron chi connectivity index (χ1n) is 11.4. The average Bonchev–Trinajstić information content (AvgIpc) is 3.44. The van der Waals surface area contributed by atoms with Crippen LogP contribution in [0.1, 0.15) is 39.4 Å². The summed E-state index contributed by atoms with van der Waals surface area (Å²) in [5.41, 5.74) is 3.34. The monoisotopic (exact) mass is 482 g/mol. The van der Waals surface area contributed by atoms with E-state index in [0.717, 1.165) is 5.56 Å². The van der Waals surface area contributed by atoms with E-state index in [1.165, 1.54) is 6.26 Å². The first-order chi connectivity index (χ1) is 17.5. The quantitative estimate of drug-likeness (QED) is 0.266. The smallest absolute Gasteiger partial charge is 0.291 e. The first-order valence-corrected chi connectivity index (χ1v) is 11.4. The molecular weight excluding hydrogens is 456 g/mol. The Morgan fingerprint density at radius 3 is 2.22 bits per heavy atom. The van der Waals surface area contributed by atoms with Gasteiger partial charge < -0.3 is 25.7 Å². The van der Waals surface area contributed by atoms with Crippen LogP contribution in [-0.2, 0) is 4.79 Å². The van der Waals surface area contributed by atoms with Crippen molar-refractivity contribution in [2.24, 2.45) is 0 Å². The number of hydrogen-bond donors (Lipinski definition) is 4. The lowest BCUT2D eigenvalue weighted by Gasteiger charge is -2.14. The predicted molar refractivity (Wildman–Crippen MR) is 139 cm³/mol. The predicted octanol–water partition coefficient (Wildman–Crippen LogP) is 5.07. The van der Waals surface area contributed by atoms with Gasteiger partial charge in [0.15, 0.2) is 5.76 Å². The van der Waals surface area contributed by atoms with Crippen LogP contribution in [0.2, 0.25) is 0 Å².